The Morgan fingerprint density at radius 1 is 0.737 bits per heavy atom. The van der Waals surface area contributed by atoms with Gasteiger partial charge < -0.3 is 24.4 Å². The van der Waals surface area contributed by atoms with Crippen LogP contribution >= 0.6 is 23.2 Å². The first kappa shape index (κ1) is 26.3. The number of anilines is 2. The molecule has 4 aromatic heterocycles. The van der Waals surface area contributed by atoms with E-state index >= 15 is 0 Å². The zero-order valence-corrected chi connectivity index (χ0v) is 21.8. The molecular weight excluding hydrogens is 535 g/mol. The summed E-state index contributed by atoms with van der Waals surface area (Å²) in [4.78, 5) is 40.4. The topological polar surface area (TPSA) is 140 Å². The third-order valence-electron chi connectivity index (χ3n) is 5.98. The number of rotatable bonds is 4. The number of aliphatic hydroxyl groups excluding tert-OH is 1. The van der Waals surface area contributed by atoms with Gasteiger partial charge in [0.15, 0.2) is 17.9 Å². The number of aliphatic hydroxyl groups is 1. The second kappa shape index (κ2) is 12.0. The molecular formula is C24H24Cl2N8O4. The molecule has 0 amide bonds. The monoisotopic (exact) mass is 558 g/mol. The molecule has 1 N–H and O–H groups in total. The van der Waals surface area contributed by atoms with Crippen LogP contribution in [0.3, 0.4) is 0 Å². The van der Waals surface area contributed by atoms with Crippen LogP contribution < -0.4 is 9.80 Å². The van der Waals surface area contributed by atoms with Crippen LogP contribution in [0.1, 0.15) is 16.2 Å². The normalized spacial score (nSPS) is 15.9. The summed E-state index contributed by atoms with van der Waals surface area (Å²) < 4.78 is 10.6. The van der Waals surface area contributed by atoms with E-state index in [1.807, 2.05) is 4.90 Å². The molecule has 0 atom stereocenters. The standard InChI is InChI=1S/C12H13ClN4O2.C12H11ClN4O2/c2*13-12-15-9-2-1-8(7-18)14-10(9)11(16-12)17-3-5-19-6-4-17/h1-2,18H,3-7H2;1-2,7H,3-6H2. The fourth-order valence-corrected chi connectivity index (χ4v) is 4.49. The van der Waals surface area contributed by atoms with Crippen molar-refractivity contribution in [3.63, 3.8) is 0 Å². The number of carbonyl (C=O) groups excluding carboxylic acids is 1. The number of carbonyl (C=O) groups is 1. The Hall–Kier alpha value is -3.29. The number of morpholine rings is 2. The SMILES string of the molecule is O=Cc1ccc2nc(Cl)nc(N3CCOCC3)c2n1.OCc1ccc2nc(Cl)nc(N3CCOCC3)c2n1. The van der Waals surface area contributed by atoms with Crippen molar-refractivity contribution in [2.45, 2.75) is 6.61 Å². The Morgan fingerprint density at radius 2 is 1.24 bits per heavy atom. The van der Waals surface area contributed by atoms with E-state index in [1.165, 1.54) is 0 Å². The van der Waals surface area contributed by atoms with E-state index < -0.39 is 0 Å². The Kier molecular flexibility index (Phi) is 8.35. The number of halogens is 2. The van der Waals surface area contributed by atoms with Gasteiger partial charge in [-0.15, -0.1) is 0 Å². The maximum Gasteiger partial charge on any atom is 0.225 e. The third kappa shape index (κ3) is 5.89. The lowest BCUT2D eigenvalue weighted by Gasteiger charge is -2.28. The molecule has 2 aliphatic heterocycles. The molecule has 0 spiro atoms. The molecule has 2 fully saturated rings. The van der Waals surface area contributed by atoms with Crippen molar-refractivity contribution in [3.8, 4) is 0 Å². The predicted molar refractivity (Wildman–Crippen MR) is 142 cm³/mol. The van der Waals surface area contributed by atoms with Gasteiger partial charge in [0.2, 0.25) is 10.6 Å². The maximum atomic E-state index is 10.8. The van der Waals surface area contributed by atoms with Gasteiger partial charge in [-0.1, -0.05) is 0 Å². The van der Waals surface area contributed by atoms with Gasteiger partial charge in [-0.3, -0.25) is 4.79 Å². The Labute approximate surface area is 227 Å². The molecule has 0 unspecified atom stereocenters. The summed E-state index contributed by atoms with van der Waals surface area (Å²) in [7, 11) is 0. The third-order valence-corrected chi connectivity index (χ3v) is 6.31. The number of ether oxygens (including phenoxy) is 2. The Morgan fingerprint density at radius 3 is 1.74 bits per heavy atom. The van der Waals surface area contributed by atoms with Crippen LogP contribution in [-0.2, 0) is 16.1 Å². The van der Waals surface area contributed by atoms with Crippen LogP contribution in [0.15, 0.2) is 24.3 Å². The van der Waals surface area contributed by atoms with E-state index in [4.69, 9.17) is 32.7 Å². The summed E-state index contributed by atoms with van der Waals surface area (Å²) in [5, 5.41) is 9.57. The highest BCUT2D eigenvalue weighted by molar-refractivity contribution is 6.29. The van der Waals surface area contributed by atoms with Crippen molar-refractivity contribution in [1.29, 1.82) is 0 Å². The lowest BCUT2D eigenvalue weighted by atomic mass is 10.3. The number of aromatic nitrogens is 6. The van der Waals surface area contributed by atoms with Crippen molar-refractivity contribution in [3.05, 3.63) is 46.2 Å². The second-order valence-corrected chi connectivity index (χ2v) is 9.06. The number of hydrogen-bond acceptors (Lipinski definition) is 12. The maximum absolute atomic E-state index is 10.8. The van der Waals surface area contributed by atoms with Gasteiger partial charge in [0.1, 0.15) is 16.7 Å². The van der Waals surface area contributed by atoms with Gasteiger partial charge in [0, 0.05) is 26.2 Å². The minimum Gasteiger partial charge on any atom is -0.390 e. The van der Waals surface area contributed by atoms with Crippen LogP contribution in [0, 0.1) is 0 Å². The summed E-state index contributed by atoms with van der Waals surface area (Å²) in [5.74, 6) is 1.36. The average molecular weight is 559 g/mol. The van der Waals surface area contributed by atoms with Crippen LogP contribution in [0.25, 0.3) is 22.1 Å². The molecule has 12 nitrogen and oxygen atoms in total. The lowest BCUT2D eigenvalue weighted by molar-refractivity contribution is 0.111. The molecule has 2 aliphatic rings. The van der Waals surface area contributed by atoms with Crippen LogP contribution in [-0.4, -0.2) is 93.9 Å². The molecule has 198 valence electrons. The molecule has 14 heteroatoms. The van der Waals surface area contributed by atoms with Crippen LogP contribution in [0.4, 0.5) is 11.6 Å². The fourth-order valence-electron chi connectivity index (χ4n) is 4.14. The second-order valence-electron chi connectivity index (χ2n) is 8.38. The number of aldehydes is 1. The minimum absolute atomic E-state index is 0.110. The molecule has 4 aromatic rings. The first-order valence-corrected chi connectivity index (χ1v) is 12.7. The molecule has 2 saturated heterocycles. The summed E-state index contributed by atoms with van der Waals surface area (Å²) in [6, 6.07) is 6.87. The summed E-state index contributed by atoms with van der Waals surface area (Å²) in [6.07, 6.45) is 0.705. The van der Waals surface area contributed by atoms with E-state index in [0.29, 0.717) is 77.8 Å². The Balaban J connectivity index is 0.000000155. The largest absolute Gasteiger partial charge is 0.390 e. The Bertz CT molecular complexity index is 1450. The fraction of sp³-hybridized carbons (Fsp3) is 0.375. The molecule has 0 radical (unpaired) electrons. The van der Waals surface area contributed by atoms with Crippen LogP contribution in [0.2, 0.25) is 10.6 Å². The molecule has 6 heterocycles. The summed E-state index contributed by atoms with van der Waals surface area (Å²) in [6.45, 7) is 5.39. The van der Waals surface area contributed by atoms with E-state index in [9.17, 15) is 9.90 Å². The van der Waals surface area contributed by atoms with Gasteiger partial charge in [0.05, 0.1) is 49.8 Å². The van der Waals surface area contributed by atoms with Gasteiger partial charge in [-0.2, -0.15) is 9.97 Å². The first-order valence-electron chi connectivity index (χ1n) is 11.9. The minimum atomic E-state index is -0.110. The average Bonchev–Trinajstić information content (AvgIpc) is 2.97. The smallest absolute Gasteiger partial charge is 0.225 e. The van der Waals surface area contributed by atoms with Crippen molar-refractivity contribution in [2.24, 2.45) is 0 Å². The lowest BCUT2D eigenvalue weighted by Crippen LogP contribution is -2.37. The zero-order chi connectivity index (χ0) is 26.5. The molecule has 0 aliphatic carbocycles. The molecule has 0 aromatic carbocycles. The zero-order valence-electron chi connectivity index (χ0n) is 20.3. The summed E-state index contributed by atoms with van der Waals surface area (Å²) >= 11 is 11.9. The van der Waals surface area contributed by atoms with E-state index in [1.54, 1.807) is 24.3 Å². The molecule has 0 saturated carbocycles. The van der Waals surface area contributed by atoms with Gasteiger partial charge in [-0.25, -0.2) is 19.9 Å². The number of nitrogens with zero attached hydrogens (tertiary/aromatic N) is 8. The van der Waals surface area contributed by atoms with Crippen molar-refractivity contribution >= 4 is 63.2 Å². The van der Waals surface area contributed by atoms with Crippen molar-refractivity contribution in [1.82, 2.24) is 29.9 Å². The molecule has 0 bridgehead atoms. The van der Waals surface area contributed by atoms with Crippen molar-refractivity contribution in [2.75, 3.05) is 62.4 Å². The molecule has 6 rings (SSSR count). The quantitative estimate of drug-likeness (QED) is 0.290. The van der Waals surface area contributed by atoms with Gasteiger partial charge in [0.25, 0.3) is 0 Å². The number of hydrogen-bond donors (Lipinski definition) is 1. The van der Waals surface area contributed by atoms with Crippen LogP contribution in [0.5, 0.6) is 0 Å². The summed E-state index contributed by atoms with van der Waals surface area (Å²) in [5.41, 5.74) is 3.51. The van der Waals surface area contributed by atoms with Crippen molar-refractivity contribution < 1.29 is 19.4 Å². The van der Waals surface area contributed by atoms with E-state index in [2.05, 4.69) is 34.8 Å². The van der Waals surface area contributed by atoms with Gasteiger partial charge >= 0.3 is 0 Å². The van der Waals surface area contributed by atoms with Gasteiger partial charge in [-0.05, 0) is 47.5 Å². The predicted octanol–water partition coefficient (Wildman–Crippen LogP) is 2.33. The highest BCUT2D eigenvalue weighted by Gasteiger charge is 2.19. The van der Waals surface area contributed by atoms with E-state index in [0.717, 1.165) is 26.2 Å². The number of fused-ring (bicyclic) bond motifs is 2. The first-order chi connectivity index (χ1) is 18.6. The highest BCUT2D eigenvalue weighted by atomic mass is 35.5. The highest BCUT2D eigenvalue weighted by Crippen LogP contribution is 2.26. The van der Waals surface area contributed by atoms with E-state index in [-0.39, 0.29) is 17.2 Å². The number of pyridine rings is 2. The molecule has 38 heavy (non-hydrogen) atoms.